The summed E-state index contributed by atoms with van der Waals surface area (Å²) in [5.74, 6) is -0.560. The number of hydrogen-bond donors (Lipinski definition) is 0. The van der Waals surface area contributed by atoms with Crippen LogP contribution in [0.15, 0.2) is 21.5 Å². The molecule has 0 amide bonds. The molecule has 0 bridgehead atoms. The molecule has 0 saturated carbocycles. The van der Waals surface area contributed by atoms with Crippen LogP contribution in [0.5, 0.6) is 0 Å². The maximum atomic E-state index is 12.1. The second-order valence-electron chi connectivity index (χ2n) is 3.88. The SMILES string of the molecule is COC(=O)c1cc(S(=O)(=O)N(C)C)c(Br)cc1C. The number of carbonyl (C=O) groups excluding carboxylic acids is 1. The lowest BCUT2D eigenvalue weighted by atomic mass is 10.1. The number of halogens is 1. The minimum atomic E-state index is -3.61. The fourth-order valence-electron chi connectivity index (χ4n) is 1.38. The summed E-state index contributed by atoms with van der Waals surface area (Å²) < 4.78 is 30.3. The van der Waals surface area contributed by atoms with E-state index in [4.69, 9.17) is 0 Å². The van der Waals surface area contributed by atoms with Gasteiger partial charge in [-0.05, 0) is 40.5 Å². The second kappa shape index (κ2) is 5.38. The summed E-state index contributed by atoms with van der Waals surface area (Å²) in [6.45, 7) is 1.71. The van der Waals surface area contributed by atoms with Gasteiger partial charge in [0, 0.05) is 18.6 Å². The number of benzene rings is 1. The first kappa shape index (κ1) is 15.1. The van der Waals surface area contributed by atoms with E-state index >= 15 is 0 Å². The number of hydrogen-bond acceptors (Lipinski definition) is 4. The van der Waals surface area contributed by atoms with E-state index < -0.39 is 16.0 Å². The smallest absolute Gasteiger partial charge is 0.338 e. The van der Waals surface area contributed by atoms with Crippen LogP contribution in [0.1, 0.15) is 15.9 Å². The van der Waals surface area contributed by atoms with Gasteiger partial charge in [0.2, 0.25) is 10.0 Å². The number of aryl methyl sites for hydroxylation is 1. The molecular weight excluding hydrogens is 322 g/mol. The molecule has 1 aromatic carbocycles. The highest BCUT2D eigenvalue weighted by molar-refractivity contribution is 9.10. The lowest BCUT2D eigenvalue weighted by molar-refractivity contribution is 0.0599. The van der Waals surface area contributed by atoms with Gasteiger partial charge < -0.3 is 4.74 Å². The summed E-state index contributed by atoms with van der Waals surface area (Å²) in [7, 11) is 0.504. The molecule has 7 heteroatoms. The lowest BCUT2D eigenvalue weighted by Crippen LogP contribution is -2.23. The van der Waals surface area contributed by atoms with E-state index in [0.29, 0.717) is 10.0 Å². The average Bonchev–Trinajstić information content (AvgIpc) is 2.27. The summed E-state index contributed by atoms with van der Waals surface area (Å²) in [6, 6.07) is 2.91. The molecule has 0 radical (unpaired) electrons. The Bertz CT molecular complexity index is 581. The summed E-state index contributed by atoms with van der Waals surface area (Å²) in [5.41, 5.74) is 0.882. The van der Waals surface area contributed by atoms with Crippen LogP contribution in [-0.4, -0.2) is 39.9 Å². The molecule has 0 spiro atoms. The Hall–Kier alpha value is -0.920. The van der Waals surface area contributed by atoms with E-state index in [0.717, 1.165) is 4.31 Å². The molecule has 0 aliphatic heterocycles. The molecule has 0 heterocycles. The van der Waals surface area contributed by atoms with E-state index in [1.165, 1.54) is 27.3 Å². The fourth-order valence-corrected chi connectivity index (χ4v) is 3.41. The predicted molar refractivity (Wildman–Crippen MR) is 71.1 cm³/mol. The van der Waals surface area contributed by atoms with Crippen molar-refractivity contribution in [2.75, 3.05) is 21.2 Å². The van der Waals surface area contributed by atoms with Crippen LogP contribution in [-0.2, 0) is 14.8 Å². The van der Waals surface area contributed by atoms with Gasteiger partial charge in [0.05, 0.1) is 17.6 Å². The number of methoxy groups -OCH3 is 1. The first-order chi connectivity index (χ1) is 8.21. The third kappa shape index (κ3) is 2.73. The minimum Gasteiger partial charge on any atom is -0.465 e. The van der Waals surface area contributed by atoms with E-state index in [2.05, 4.69) is 20.7 Å². The molecule has 1 aromatic rings. The standard InChI is InChI=1S/C11H14BrNO4S/c1-7-5-9(12)10(18(15,16)13(2)3)6-8(7)11(14)17-4/h5-6H,1-4H3. The number of ether oxygens (including phenoxy) is 1. The molecule has 18 heavy (non-hydrogen) atoms. The van der Waals surface area contributed by atoms with Crippen LogP contribution in [0, 0.1) is 6.92 Å². The average molecular weight is 336 g/mol. The molecule has 0 saturated heterocycles. The van der Waals surface area contributed by atoms with Gasteiger partial charge in [-0.1, -0.05) is 0 Å². The summed E-state index contributed by atoms with van der Waals surface area (Å²) >= 11 is 3.20. The number of sulfonamides is 1. The van der Waals surface area contributed by atoms with E-state index in [9.17, 15) is 13.2 Å². The molecule has 0 aromatic heterocycles. The molecule has 100 valence electrons. The van der Waals surface area contributed by atoms with Gasteiger partial charge in [0.15, 0.2) is 0 Å². The quantitative estimate of drug-likeness (QED) is 0.790. The van der Waals surface area contributed by atoms with Crippen molar-refractivity contribution in [1.82, 2.24) is 4.31 Å². The number of esters is 1. The van der Waals surface area contributed by atoms with Crippen LogP contribution < -0.4 is 0 Å². The van der Waals surface area contributed by atoms with E-state index in [1.807, 2.05) is 0 Å². The largest absolute Gasteiger partial charge is 0.465 e. The number of rotatable bonds is 3. The van der Waals surface area contributed by atoms with E-state index in [-0.39, 0.29) is 10.5 Å². The Balaban J connectivity index is 3.53. The molecule has 0 atom stereocenters. The van der Waals surface area contributed by atoms with Crippen molar-refractivity contribution in [3.8, 4) is 0 Å². The first-order valence-corrected chi connectivity index (χ1v) is 7.26. The van der Waals surface area contributed by atoms with Gasteiger partial charge in [-0.2, -0.15) is 0 Å². The monoisotopic (exact) mass is 335 g/mol. The second-order valence-corrected chi connectivity index (χ2v) is 6.85. The van der Waals surface area contributed by atoms with Crippen molar-refractivity contribution in [2.45, 2.75) is 11.8 Å². The van der Waals surface area contributed by atoms with Crippen LogP contribution in [0.4, 0.5) is 0 Å². The topological polar surface area (TPSA) is 63.7 Å². The van der Waals surface area contributed by atoms with Gasteiger partial charge in [0.25, 0.3) is 0 Å². The zero-order valence-electron chi connectivity index (χ0n) is 10.5. The minimum absolute atomic E-state index is 0.0403. The number of nitrogens with zero attached hydrogens (tertiary/aromatic N) is 1. The van der Waals surface area contributed by atoms with Gasteiger partial charge in [-0.15, -0.1) is 0 Å². The van der Waals surface area contributed by atoms with Crippen LogP contribution in [0.2, 0.25) is 0 Å². The lowest BCUT2D eigenvalue weighted by Gasteiger charge is -2.14. The predicted octanol–water partition coefficient (Wildman–Crippen LogP) is 1.79. The molecule has 0 aliphatic carbocycles. The van der Waals surface area contributed by atoms with Gasteiger partial charge >= 0.3 is 5.97 Å². The van der Waals surface area contributed by atoms with Crippen molar-refractivity contribution in [3.63, 3.8) is 0 Å². The molecule has 0 fully saturated rings. The van der Waals surface area contributed by atoms with Crippen LogP contribution >= 0.6 is 15.9 Å². The Labute approximate surface area is 115 Å². The Kier molecular flexibility index (Phi) is 4.52. The fraction of sp³-hybridized carbons (Fsp3) is 0.364. The molecular formula is C11H14BrNO4S. The van der Waals surface area contributed by atoms with Gasteiger partial charge in [-0.3, -0.25) is 0 Å². The molecule has 0 N–H and O–H groups in total. The van der Waals surface area contributed by atoms with Crippen molar-refractivity contribution in [2.24, 2.45) is 0 Å². The molecule has 1 rings (SSSR count). The van der Waals surface area contributed by atoms with Gasteiger partial charge in [0.1, 0.15) is 0 Å². The van der Waals surface area contributed by atoms with Crippen LogP contribution in [0.25, 0.3) is 0 Å². The highest BCUT2D eigenvalue weighted by atomic mass is 79.9. The third-order valence-corrected chi connectivity index (χ3v) is 5.22. The Morgan fingerprint density at radius 1 is 1.33 bits per heavy atom. The molecule has 0 unspecified atom stereocenters. The molecule has 5 nitrogen and oxygen atoms in total. The Morgan fingerprint density at radius 3 is 2.33 bits per heavy atom. The zero-order chi connectivity index (χ0) is 14.1. The van der Waals surface area contributed by atoms with E-state index in [1.54, 1.807) is 13.0 Å². The van der Waals surface area contributed by atoms with Crippen LogP contribution in [0.3, 0.4) is 0 Å². The van der Waals surface area contributed by atoms with Crippen molar-refractivity contribution >= 4 is 31.9 Å². The first-order valence-electron chi connectivity index (χ1n) is 5.02. The van der Waals surface area contributed by atoms with Gasteiger partial charge in [-0.25, -0.2) is 17.5 Å². The highest BCUT2D eigenvalue weighted by Gasteiger charge is 2.23. The highest BCUT2D eigenvalue weighted by Crippen LogP contribution is 2.27. The maximum absolute atomic E-state index is 12.1. The summed E-state index contributed by atoms with van der Waals surface area (Å²) in [4.78, 5) is 11.6. The summed E-state index contributed by atoms with van der Waals surface area (Å²) in [6.07, 6.45) is 0. The number of carbonyl (C=O) groups is 1. The van der Waals surface area contributed by atoms with Crippen molar-refractivity contribution < 1.29 is 17.9 Å². The maximum Gasteiger partial charge on any atom is 0.338 e. The normalized spacial score (nSPS) is 11.7. The third-order valence-electron chi connectivity index (χ3n) is 2.44. The molecule has 0 aliphatic rings. The zero-order valence-corrected chi connectivity index (χ0v) is 12.9. The van der Waals surface area contributed by atoms with Crippen molar-refractivity contribution in [3.05, 3.63) is 27.7 Å². The van der Waals surface area contributed by atoms with Crippen molar-refractivity contribution in [1.29, 1.82) is 0 Å². The summed E-state index contributed by atoms with van der Waals surface area (Å²) in [5, 5.41) is 0. The Morgan fingerprint density at radius 2 is 1.89 bits per heavy atom.